The number of nitrogens with one attached hydrogen (secondary N) is 2. The summed E-state index contributed by atoms with van der Waals surface area (Å²) in [7, 11) is 1.54. The van der Waals surface area contributed by atoms with Crippen molar-refractivity contribution in [2.75, 3.05) is 7.05 Å². The fourth-order valence-electron chi connectivity index (χ4n) is 2.12. The zero-order valence-electron chi connectivity index (χ0n) is 13.9. The van der Waals surface area contributed by atoms with Gasteiger partial charge in [0.2, 0.25) is 5.91 Å². The SMILES string of the molecule is CNC(=O)c1ccc(/C=C/C(=O)NCc2ccc(C(F)(F)F)cc2)cc1. The number of rotatable bonds is 5. The molecule has 2 aromatic carbocycles. The summed E-state index contributed by atoms with van der Waals surface area (Å²) in [5, 5.41) is 5.11. The van der Waals surface area contributed by atoms with Crippen LogP contribution in [0.4, 0.5) is 13.2 Å². The monoisotopic (exact) mass is 362 g/mol. The van der Waals surface area contributed by atoms with Crippen LogP contribution in [0.1, 0.15) is 27.0 Å². The van der Waals surface area contributed by atoms with Crippen LogP contribution in [0.3, 0.4) is 0 Å². The Morgan fingerprint density at radius 3 is 2.15 bits per heavy atom. The summed E-state index contributed by atoms with van der Waals surface area (Å²) in [5.74, 6) is -0.574. The average Bonchev–Trinajstić information content (AvgIpc) is 2.64. The van der Waals surface area contributed by atoms with Crippen LogP contribution in [0.2, 0.25) is 0 Å². The Bertz CT molecular complexity index is 795. The van der Waals surface area contributed by atoms with Crippen LogP contribution in [-0.4, -0.2) is 18.9 Å². The first kappa shape index (κ1) is 19.2. The van der Waals surface area contributed by atoms with Crippen LogP contribution < -0.4 is 10.6 Å². The third-order valence-electron chi connectivity index (χ3n) is 3.58. The lowest BCUT2D eigenvalue weighted by Gasteiger charge is -2.07. The van der Waals surface area contributed by atoms with Gasteiger partial charge in [-0.2, -0.15) is 13.2 Å². The zero-order valence-corrected chi connectivity index (χ0v) is 13.9. The van der Waals surface area contributed by atoms with Crippen molar-refractivity contribution >= 4 is 17.9 Å². The standard InChI is InChI=1S/C19H17F3N2O2/c1-23-18(26)15-7-2-13(3-8-15)6-11-17(25)24-12-14-4-9-16(10-5-14)19(20,21)22/h2-11H,12H2,1H3,(H,23,26)(H,24,25)/b11-6+. The second-order valence-corrected chi connectivity index (χ2v) is 5.45. The molecule has 0 bridgehead atoms. The Kier molecular flexibility index (Phi) is 6.16. The van der Waals surface area contributed by atoms with E-state index < -0.39 is 11.7 Å². The largest absolute Gasteiger partial charge is 0.416 e. The van der Waals surface area contributed by atoms with E-state index >= 15 is 0 Å². The summed E-state index contributed by atoms with van der Waals surface area (Å²) < 4.78 is 37.5. The molecular formula is C19H17F3N2O2. The maximum absolute atomic E-state index is 12.5. The molecule has 7 heteroatoms. The van der Waals surface area contributed by atoms with Crippen molar-refractivity contribution in [3.05, 3.63) is 76.9 Å². The van der Waals surface area contributed by atoms with Gasteiger partial charge in [0.05, 0.1) is 5.56 Å². The first-order valence-corrected chi connectivity index (χ1v) is 7.74. The predicted octanol–water partition coefficient (Wildman–Crippen LogP) is 3.39. The second kappa shape index (κ2) is 8.33. The highest BCUT2D eigenvalue weighted by molar-refractivity contribution is 5.94. The van der Waals surface area contributed by atoms with Crippen molar-refractivity contribution in [3.63, 3.8) is 0 Å². The van der Waals surface area contributed by atoms with Gasteiger partial charge >= 0.3 is 6.18 Å². The summed E-state index contributed by atoms with van der Waals surface area (Å²) in [6.07, 6.45) is -1.48. The van der Waals surface area contributed by atoms with E-state index in [-0.39, 0.29) is 18.4 Å². The molecule has 0 atom stereocenters. The Hall–Kier alpha value is -3.09. The van der Waals surface area contributed by atoms with Crippen LogP contribution in [0.25, 0.3) is 6.08 Å². The van der Waals surface area contributed by atoms with Crippen LogP contribution in [-0.2, 0) is 17.5 Å². The first-order valence-electron chi connectivity index (χ1n) is 7.74. The van der Waals surface area contributed by atoms with E-state index in [0.29, 0.717) is 11.1 Å². The van der Waals surface area contributed by atoms with E-state index in [1.807, 2.05) is 0 Å². The van der Waals surface area contributed by atoms with Crippen LogP contribution in [0.5, 0.6) is 0 Å². The highest BCUT2D eigenvalue weighted by Gasteiger charge is 2.29. The second-order valence-electron chi connectivity index (χ2n) is 5.45. The molecule has 2 rings (SSSR count). The van der Waals surface area contributed by atoms with E-state index in [0.717, 1.165) is 17.7 Å². The number of benzene rings is 2. The molecule has 0 saturated heterocycles. The molecule has 136 valence electrons. The Balaban J connectivity index is 1.88. The molecular weight excluding hydrogens is 345 g/mol. The first-order chi connectivity index (χ1) is 12.3. The molecule has 2 N–H and O–H groups in total. The molecule has 26 heavy (non-hydrogen) atoms. The van der Waals surface area contributed by atoms with Crippen molar-refractivity contribution in [1.82, 2.24) is 10.6 Å². The van der Waals surface area contributed by atoms with Crippen LogP contribution >= 0.6 is 0 Å². The van der Waals surface area contributed by atoms with E-state index in [4.69, 9.17) is 0 Å². The summed E-state index contributed by atoms with van der Waals surface area (Å²) in [4.78, 5) is 23.2. The number of alkyl halides is 3. The molecule has 0 radical (unpaired) electrons. The topological polar surface area (TPSA) is 58.2 Å². The highest BCUT2D eigenvalue weighted by atomic mass is 19.4. The number of carbonyl (C=O) groups excluding carboxylic acids is 2. The van der Waals surface area contributed by atoms with E-state index in [9.17, 15) is 22.8 Å². The Labute approximate surface area is 148 Å². The molecule has 0 unspecified atom stereocenters. The number of hydrogen-bond donors (Lipinski definition) is 2. The number of carbonyl (C=O) groups is 2. The van der Waals surface area contributed by atoms with Crippen molar-refractivity contribution in [2.24, 2.45) is 0 Å². The maximum Gasteiger partial charge on any atom is 0.416 e. The van der Waals surface area contributed by atoms with Crippen LogP contribution in [0.15, 0.2) is 54.6 Å². The molecule has 0 saturated carbocycles. The minimum Gasteiger partial charge on any atom is -0.355 e. The molecule has 0 fully saturated rings. The van der Waals surface area contributed by atoms with Gasteiger partial charge in [0, 0.05) is 25.2 Å². The van der Waals surface area contributed by atoms with Gasteiger partial charge in [-0.3, -0.25) is 9.59 Å². The van der Waals surface area contributed by atoms with Crippen LogP contribution in [0, 0.1) is 0 Å². The molecule has 4 nitrogen and oxygen atoms in total. The molecule has 2 amide bonds. The molecule has 0 aliphatic rings. The van der Waals surface area contributed by atoms with E-state index in [1.54, 1.807) is 30.3 Å². The predicted molar refractivity (Wildman–Crippen MR) is 92.2 cm³/mol. The summed E-state index contributed by atoms with van der Waals surface area (Å²) in [6, 6.07) is 11.3. The maximum atomic E-state index is 12.5. The summed E-state index contributed by atoms with van der Waals surface area (Å²) in [6.45, 7) is 0.122. The molecule has 0 spiro atoms. The molecule has 0 heterocycles. The lowest BCUT2D eigenvalue weighted by Crippen LogP contribution is -2.20. The average molecular weight is 362 g/mol. The van der Waals surface area contributed by atoms with Gasteiger partial charge < -0.3 is 10.6 Å². The minimum absolute atomic E-state index is 0.122. The number of amides is 2. The number of hydrogen-bond acceptors (Lipinski definition) is 2. The number of halogens is 3. The van der Waals surface area contributed by atoms with Gasteiger partial charge in [0.15, 0.2) is 0 Å². The van der Waals surface area contributed by atoms with Gasteiger partial charge in [-0.1, -0.05) is 24.3 Å². The molecule has 0 aliphatic heterocycles. The van der Waals surface area contributed by atoms with Gasteiger partial charge in [0.1, 0.15) is 0 Å². The van der Waals surface area contributed by atoms with Gasteiger partial charge in [0.25, 0.3) is 5.91 Å². The molecule has 0 aliphatic carbocycles. The Morgan fingerprint density at radius 1 is 1.00 bits per heavy atom. The van der Waals surface area contributed by atoms with Crippen molar-refractivity contribution in [2.45, 2.75) is 12.7 Å². The quantitative estimate of drug-likeness (QED) is 0.801. The minimum atomic E-state index is -4.38. The normalized spacial score (nSPS) is 11.4. The molecule has 0 aromatic heterocycles. The third kappa shape index (κ3) is 5.47. The molecule has 2 aromatic rings. The lowest BCUT2D eigenvalue weighted by atomic mass is 10.1. The zero-order chi connectivity index (χ0) is 19.2. The van der Waals surface area contributed by atoms with Crippen molar-refractivity contribution < 1.29 is 22.8 Å². The third-order valence-corrected chi connectivity index (χ3v) is 3.58. The smallest absolute Gasteiger partial charge is 0.355 e. The Morgan fingerprint density at radius 2 is 1.62 bits per heavy atom. The van der Waals surface area contributed by atoms with Crippen molar-refractivity contribution in [3.8, 4) is 0 Å². The summed E-state index contributed by atoms with van der Waals surface area (Å²) in [5.41, 5.74) is 1.08. The lowest BCUT2D eigenvalue weighted by molar-refractivity contribution is -0.137. The van der Waals surface area contributed by atoms with Gasteiger partial charge in [-0.25, -0.2) is 0 Å². The highest BCUT2D eigenvalue weighted by Crippen LogP contribution is 2.29. The fourth-order valence-corrected chi connectivity index (χ4v) is 2.12. The van der Waals surface area contributed by atoms with Crippen molar-refractivity contribution in [1.29, 1.82) is 0 Å². The van der Waals surface area contributed by atoms with E-state index in [2.05, 4.69) is 10.6 Å². The fraction of sp³-hybridized carbons (Fsp3) is 0.158. The van der Waals surface area contributed by atoms with Gasteiger partial charge in [-0.15, -0.1) is 0 Å². The van der Waals surface area contributed by atoms with Gasteiger partial charge in [-0.05, 0) is 41.5 Å². The van der Waals surface area contributed by atoms with E-state index in [1.165, 1.54) is 25.3 Å². The summed E-state index contributed by atoms with van der Waals surface area (Å²) >= 11 is 0.